The first-order chi connectivity index (χ1) is 7.08. The number of aliphatic hydroxyl groups excluding tert-OH is 1. The molecule has 1 heterocycles. The number of imidazole rings is 1. The normalized spacial score (nSPS) is 13.3. The summed E-state index contributed by atoms with van der Waals surface area (Å²) in [5, 5.41) is 9.36. The van der Waals surface area contributed by atoms with E-state index in [1.54, 1.807) is 13.3 Å². The van der Waals surface area contributed by atoms with E-state index in [-0.39, 0.29) is 6.10 Å². The van der Waals surface area contributed by atoms with Crippen LogP contribution >= 0.6 is 0 Å². The molecule has 3 nitrogen and oxygen atoms in total. The maximum atomic E-state index is 9.36. The quantitative estimate of drug-likeness (QED) is 0.812. The molecule has 1 N–H and O–H groups in total. The second-order valence-corrected chi connectivity index (χ2v) is 4.17. The van der Waals surface area contributed by atoms with Crippen molar-refractivity contribution in [2.24, 2.45) is 0 Å². The Morgan fingerprint density at radius 3 is 2.67 bits per heavy atom. The molecule has 0 aliphatic heterocycles. The number of fused-ring (bicyclic) bond motifs is 1. The molecule has 0 fully saturated rings. The van der Waals surface area contributed by atoms with Crippen LogP contribution in [0.15, 0.2) is 18.5 Å². The van der Waals surface area contributed by atoms with Crippen molar-refractivity contribution in [3.8, 4) is 0 Å². The minimum atomic E-state index is -0.344. The van der Waals surface area contributed by atoms with Crippen LogP contribution in [0.25, 0.3) is 11.0 Å². The molecule has 2 aromatic rings. The van der Waals surface area contributed by atoms with E-state index in [9.17, 15) is 5.11 Å². The highest BCUT2D eigenvalue weighted by molar-refractivity contribution is 5.77. The highest BCUT2D eigenvalue weighted by atomic mass is 16.3. The van der Waals surface area contributed by atoms with Crippen LogP contribution in [0.3, 0.4) is 0 Å². The Balaban J connectivity index is 2.54. The topological polar surface area (TPSA) is 38.0 Å². The van der Waals surface area contributed by atoms with Gasteiger partial charge < -0.3 is 9.67 Å². The monoisotopic (exact) mass is 204 g/mol. The van der Waals surface area contributed by atoms with E-state index in [0.717, 1.165) is 11.0 Å². The van der Waals surface area contributed by atoms with Crippen LogP contribution < -0.4 is 0 Å². The Morgan fingerprint density at radius 1 is 1.33 bits per heavy atom. The van der Waals surface area contributed by atoms with Crippen molar-refractivity contribution >= 4 is 11.0 Å². The number of benzene rings is 1. The lowest BCUT2D eigenvalue weighted by atomic mass is 10.1. The zero-order valence-electron chi connectivity index (χ0n) is 9.36. The summed E-state index contributed by atoms with van der Waals surface area (Å²) in [5.41, 5.74) is 4.61. The van der Waals surface area contributed by atoms with Crippen LogP contribution in [0.2, 0.25) is 0 Å². The minimum absolute atomic E-state index is 0.344. The Hall–Kier alpha value is -1.35. The van der Waals surface area contributed by atoms with Crippen LogP contribution in [0.4, 0.5) is 0 Å². The van der Waals surface area contributed by atoms with Crippen molar-refractivity contribution in [1.29, 1.82) is 0 Å². The molecular formula is C12H16N2O. The number of hydrogen-bond donors (Lipinski definition) is 1. The van der Waals surface area contributed by atoms with Gasteiger partial charge in [0.25, 0.3) is 0 Å². The number of aliphatic hydroxyl groups is 1. The number of aryl methyl sites for hydroxylation is 2. The van der Waals surface area contributed by atoms with Crippen molar-refractivity contribution in [2.75, 3.05) is 0 Å². The van der Waals surface area contributed by atoms with Gasteiger partial charge in [0.05, 0.1) is 23.5 Å². The van der Waals surface area contributed by atoms with Crippen LogP contribution in [0, 0.1) is 13.8 Å². The van der Waals surface area contributed by atoms with E-state index in [0.29, 0.717) is 6.54 Å². The predicted molar refractivity (Wildman–Crippen MR) is 60.9 cm³/mol. The van der Waals surface area contributed by atoms with Gasteiger partial charge in [-0.2, -0.15) is 0 Å². The molecule has 0 amide bonds. The Bertz CT molecular complexity index is 486. The van der Waals surface area contributed by atoms with E-state index in [4.69, 9.17) is 0 Å². The Morgan fingerprint density at radius 2 is 2.00 bits per heavy atom. The molecule has 1 aromatic carbocycles. The molecule has 1 atom stereocenters. The van der Waals surface area contributed by atoms with Gasteiger partial charge in [0.2, 0.25) is 0 Å². The summed E-state index contributed by atoms with van der Waals surface area (Å²) in [6.45, 7) is 6.56. The molecule has 0 bridgehead atoms. The van der Waals surface area contributed by atoms with Gasteiger partial charge in [-0.25, -0.2) is 4.98 Å². The van der Waals surface area contributed by atoms with Crippen LogP contribution in [-0.2, 0) is 6.54 Å². The van der Waals surface area contributed by atoms with Gasteiger partial charge in [-0.15, -0.1) is 0 Å². The molecule has 15 heavy (non-hydrogen) atoms. The lowest BCUT2D eigenvalue weighted by Gasteiger charge is -2.07. The van der Waals surface area contributed by atoms with Crippen molar-refractivity contribution in [3.63, 3.8) is 0 Å². The van der Waals surface area contributed by atoms with E-state index in [2.05, 4.69) is 31.0 Å². The molecular weight excluding hydrogens is 188 g/mol. The molecule has 3 heteroatoms. The largest absolute Gasteiger partial charge is 0.392 e. The Kier molecular flexibility index (Phi) is 2.49. The van der Waals surface area contributed by atoms with Gasteiger partial charge in [0.1, 0.15) is 0 Å². The zero-order chi connectivity index (χ0) is 11.0. The van der Waals surface area contributed by atoms with E-state index in [1.165, 1.54) is 11.1 Å². The van der Waals surface area contributed by atoms with Crippen molar-refractivity contribution < 1.29 is 5.11 Å². The SMILES string of the molecule is Cc1cc2ncn(CC(C)O)c2cc1C. The van der Waals surface area contributed by atoms with Crippen LogP contribution in [0.5, 0.6) is 0 Å². The molecule has 80 valence electrons. The number of aromatic nitrogens is 2. The molecule has 1 aromatic heterocycles. The van der Waals surface area contributed by atoms with Crippen molar-refractivity contribution in [3.05, 3.63) is 29.6 Å². The second kappa shape index (κ2) is 3.66. The fourth-order valence-corrected chi connectivity index (χ4v) is 1.74. The fourth-order valence-electron chi connectivity index (χ4n) is 1.74. The van der Waals surface area contributed by atoms with E-state index in [1.807, 2.05) is 4.57 Å². The smallest absolute Gasteiger partial charge is 0.0959 e. The summed E-state index contributed by atoms with van der Waals surface area (Å²) in [6.07, 6.45) is 1.44. The lowest BCUT2D eigenvalue weighted by Crippen LogP contribution is -2.10. The summed E-state index contributed by atoms with van der Waals surface area (Å²) in [4.78, 5) is 4.33. The van der Waals surface area contributed by atoms with Gasteiger partial charge in [0, 0.05) is 6.54 Å². The zero-order valence-corrected chi connectivity index (χ0v) is 9.36. The number of hydrogen-bond acceptors (Lipinski definition) is 2. The fraction of sp³-hybridized carbons (Fsp3) is 0.417. The lowest BCUT2D eigenvalue weighted by molar-refractivity contribution is 0.175. The average Bonchev–Trinajstić information content (AvgIpc) is 2.49. The third-order valence-corrected chi connectivity index (χ3v) is 2.70. The van der Waals surface area contributed by atoms with Gasteiger partial charge in [-0.1, -0.05) is 0 Å². The van der Waals surface area contributed by atoms with E-state index >= 15 is 0 Å². The number of rotatable bonds is 2. The molecule has 0 saturated heterocycles. The summed E-state index contributed by atoms with van der Waals surface area (Å²) >= 11 is 0. The second-order valence-electron chi connectivity index (χ2n) is 4.17. The summed E-state index contributed by atoms with van der Waals surface area (Å²) in [6, 6.07) is 4.21. The maximum Gasteiger partial charge on any atom is 0.0959 e. The first-order valence-electron chi connectivity index (χ1n) is 5.18. The summed E-state index contributed by atoms with van der Waals surface area (Å²) in [5.74, 6) is 0. The van der Waals surface area contributed by atoms with Gasteiger partial charge in [0.15, 0.2) is 0 Å². The highest BCUT2D eigenvalue weighted by Gasteiger charge is 2.06. The molecule has 0 saturated carbocycles. The molecule has 0 spiro atoms. The van der Waals surface area contributed by atoms with Crippen molar-refractivity contribution in [2.45, 2.75) is 33.4 Å². The summed E-state index contributed by atoms with van der Waals surface area (Å²) < 4.78 is 1.99. The molecule has 0 aliphatic carbocycles. The molecule has 0 radical (unpaired) electrons. The van der Waals surface area contributed by atoms with Gasteiger partial charge in [-0.05, 0) is 44.0 Å². The third kappa shape index (κ3) is 1.88. The average molecular weight is 204 g/mol. The van der Waals surface area contributed by atoms with Crippen molar-refractivity contribution in [1.82, 2.24) is 9.55 Å². The maximum absolute atomic E-state index is 9.36. The van der Waals surface area contributed by atoms with Crippen LogP contribution in [0.1, 0.15) is 18.1 Å². The van der Waals surface area contributed by atoms with E-state index < -0.39 is 0 Å². The third-order valence-electron chi connectivity index (χ3n) is 2.70. The Labute approximate surface area is 89.4 Å². The first-order valence-corrected chi connectivity index (χ1v) is 5.18. The van der Waals surface area contributed by atoms with Crippen LogP contribution in [-0.4, -0.2) is 20.8 Å². The standard InChI is InChI=1S/C12H16N2O/c1-8-4-11-12(5-9(8)2)14(7-13-11)6-10(3)15/h4-5,7,10,15H,6H2,1-3H3. The molecule has 1 unspecified atom stereocenters. The minimum Gasteiger partial charge on any atom is -0.392 e. The predicted octanol–water partition coefficient (Wildman–Crippen LogP) is 2.03. The molecule has 0 aliphatic rings. The van der Waals surface area contributed by atoms with Gasteiger partial charge in [-0.3, -0.25) is 0 Å². The van der Waals surface area contributed by atoms with Gasteiger partial charge >= 0.3 is 0 Å². The first kappa shape index (κ1) is 10.2. The summed E-state index contributed by atoms with van der Waals surface area (Å²) in [7, 11) is 0. The molecule has 2 rings (SSSR count). The number of nitrogens with zero attached hydrogens (tertiary/aromatic N) is 2. The highest BCUT2D eigenvalue weighted by Crippen LogP contribution is 2.18.